The Kier molecular flexibility index (Phi) is 8.16. The highest BCUT2D eigenvalue weighted by atomic mass is 79.9. The monoisotopic (exact) mass is 555 g/mol. The number of hydrogen-bond acceptors (Lipinski definition) is 3. The second-order valence-electron chi connectivity index (χ2n) is 9.07. The molecule has 0 unspecified atom stereocenters. The number of para-hydroxylation sites is 2. The maximum absolute atomic E-state index is 12.3. The van der Waals surface area contributed by atoms with E-state index >= 15 is 0 Å². The lowest BCUT2D eigenvalue weighted by atomic mass is 10.1. The predicted octanol–water partition coefficient (Wildman–Crippen LogP) is 7.17. The number of imidazole rings is 1. The first-order chi connectivity index (χ1) is 18.2. The lowest BCUT2D eigenvalue weighted by molar-refractivity contribution is 0.0953. The van der Waals surface area contributed by atoms with Crippen molar-refractivity contribution in [3.63, 3.8) is 0 Å². The summed E-state index contributed by atoms with van der Waals surface area (Å²) in [5.74, 6) is 1.97. The van der Waals surface area contributed by atoms with E-state index in [2.05, 4.69) is 62.2 Å². The second kappa shape index (κ2) is 12.1. The minimum Gasteiger partial charge on any atom is -0.491 e. The number of benzene rings is 4. The molecule has 0 radical (unpaired) electrons. The van der Waals surface area contributed by atoms with Gasteiger partial charge in [0.25, 0.3) is 5.91 Å². The van der Waals surface area contributed by atoms with Gasteiger partial charge in [0.15, 0.2) is 0 Å². The van der Waals surface area contributed by atoms with Crippen LogP contribution in [0.1, 0.15) is 35.4 Å². The number of ether oxygens (including phenoxy) is 1. The zero-order chi connectivity index (χ0) is 25.5. The molecule has 1 amide bonds. The van der Waals surface area contributed by atoms with E-state index in [0.717, 1.165) is 64.7 Å². The van der Waals surface area contributed by atoms with Gasteiger partial charge in [0.1, 0.15) is 18.2 Å². The molecule has 0 fully saturated rings. The lowest BCUT2D eigenvalue weighted by Gasteiger charge is -2.12. The molecule has 0 saturated carbocycles. The van der Waals surface area contributed by atoms with Crippen molar-refractivity contribution >= 4 is 43.6 Å². The molecule has 37 heavy (non-hydrogen) atoms. The predicted molar refractivity (Wildman–Crippen MR) is 153 cm³/mol. The highest BCUT2D eigenvalue weighted by molar-refractivity contribution is 9.10. The second-order valence-corrected chi connectivity index (χ2v) is 9.98. The number of hydrogen-bond donors (Lipinski definition) is 1. The molecule has 0 aliphatic carbocycles. The maximum Gasteiger partial charge on any atom is 0.251 e. The minimum absolute atomic E-state index is 0.0273. The molecule has 1 aromatic heterocycles. The quantitative estimate of drug-likeness (QED) is 0.176. The molecule has 188 valence electrons. The average Bonchev–Trinajstić information content (AvgIpc) is 3.28. The number of rotatable bonds is 11. The lowest BCUT2D eigenvalue weighted by Crippen LogP contribution is -2.24. The number of aromatic nitrogens is 2. The molecule has 1 heterocycles. The van der Waals surface area contributed by atoms with E-state index in [1.807, 2.05) is 54.6 Å². The molecular formula is C31H30BrN3O2. The van der Waals surface area contributed by atoms with Crippen molar-refractivity contribution in [2.75, 3.05) is 13.2 Å². The fourth-order valence-corrected chi connectivity index (χ4v) is 4.89. The summed E-state index contributed by atoms with van der Waals surface area (Å²) in [6.07, 6.45) is 3.87. The maximum atomic E-state index is 12.3. The van der Waals surface area contributed by atoms with Gasteiger partial charge in [-0.05, 0) is 60.7 Å². The van der Waals surface area contributed by atoms with Gasteiger partial charge in [-0.2, -0.15) is 0 Å². The van der Waals surface area contributed by atoms with Crippen LogP contribution in [-0.4, -0.2) is 28.6 Å². The molecule has 1 N–H and O–H groups in total. The number of halogens is 1. The highest BCUT2D eigenvalue weighted by Gasteiger charge is 2.11. The van der Waals surface area contributed by atoms with Crippen LogP contribution < -0.4 is 10.1 Å². The molecule has 0 aliphatic rings. The first-order valence-electron chi connectivity index (χ1n) is 12.8. The summed E-state index contributed by atoms with van der Waals surface area (Å²) in [5.41, 5.74) is 2.84. The largest absolute Gasteiger partial charge is 0.491 e. The molecule has 0 saturated heterocycles. The zero-order valence-electron chi connectivity index (χ0n) is 20.7. The number of unbranched alkanes of at least 4 members (excludes halogenated alkanes) is 2. The molecule has 0 aliphatic heterocycles. The van der Waals surface area contributed by atoms with E-state index in [-0.39, 0.29) is 5.91 Å². The van der Waals surface area contributed by atoms with Gasteiger partial charge in [-0.1, -0.05) is 70.9 Å². The van der Waals surface area contributed by atoms with Crippen LogP contribution in [0, 0.1) is 0 Å². The molecule has 4 aromatic carbocycles. The van der Waals surface area contributed by atoms with E-state index in [1.54, 1.807) is 0 Å². The first kappa shape index (κ1) is 25.0. The summed E-state index contributed by atoms with van der Waals surface area (Å²) in [6.45, 7) is 1.98. The number of nitrogens with one attached hydrogen (secondary N) is 1. The Balaban J connectivity index is 1.15. The van der Waals surface area contributed by atoms with Crippen molar-refractivity contribution < 1.29 is 9.53 Å². The van der Waals surface area contributed by atoms with Gasteiger partial charge in [-0.15, -0.1) is 0 Å². The van der Waals surface area contributed by atoms with Crippen LogP contribution in [0.15, 0.2) is 95.5 Å². The molecule has 6 heteroatoms. The van der Waals surface area contributed by atoms with Gasteiger partial charge in [-0.25, -0.2) is 4.98 Å². The van der Waals surface area contributed by atoms with E-state index in [1.165, 1.54) is 5.39 Å². The summed E-state index contributed by atoms with van der Waals surface area (Å²) in [6, 6.07) is 30.2. The van der Waals surface area contributed by atoms with Gasteiger partial charge in [0.05, 0.1) is 17.6 Å². The molecule has 5 rings (SSSR count). The van der Waals surface area contributed by atoms with Crippen molar-refractivity contribution in [3.05, 3.63) is 107 Å². The standard InChI is InChI=1S/C31H30BrN3O2/c32-25-18-16-24(17-19-25)31(36)33-20-7-1-2-15-30-34-27-12-5-6-13-28(27)35(30)21-22-37-29-14-8-10-23-9-3-4-11-26(23)29/h3-6,8-14,16-19H,1-2,7,15,20-22H2,(H,33,36). The molecule has 0 atom stereocenters. The van der Waals surface area contributed by atoms with Crippen molar-refractivity contribution in [1.82, 2.24) is 14.9 Å². The van der Waals surface area contributed by atoms with Crippen LogP contribution in [0.3, 0.4) is 0 Å². The Morgan fingerprint density at radius 3 is 2.54 bits per heavy atom. The van der Waals surface area contributed by atoms with Gasteiger partial charge in [0.2, 0.25) is 0 Å². The van der Waals surface area contributed by atoms with Crippen molar-refractivity contribution in [1.29, 1.82) is 0 Å². The number of carbonyl (C=O) groups is 1. The van der Waals surface area contributed by atoms with Gasteiger partial charge < -0.3 is 14.6 Å². The van der Waals surface area contributed by atoms with Crippen LogP contribution in [0.5, 0.6) is 5.75 Å². The molecule has 5 aromatic rings. The number of nitrogens with zero attached hydrogens (tertiary/aromatic N) is 2. The third-order valence-corrected chi connectivity index (χ3v) is 7.05. The number of fused-ring (bicyclic) bond motifs is 2. The highest BCUT2D eigenvalue weighted by Crippen LogP contribution is 2.25. The summed E-state index contributed by atoms with van der Waals surface area (Å²) < 4.78 is 9.48. The Bertz CT molecular complexity index is 1490. The van der Waals surface area contributed by atoms with Crippen LogP contribution in [0.25, 0.3) is 21.8 Å². The zero-order valence-corrected chi connectivity index (χ0v) is 22.3. The van der Waals surface area contributed by atoms with E-state index in [9.17, 15) is 4.79 Å². The van der Waals surface area contributed by atoms with Crippen molar-refractivity contribution in [3.8, 4) is 5.75 Å². The summed E-state index contributed by atoms with van der Waals surface area (Å²) in [4.78, 5) is 17.2. The van der Waals surface area contributed by atoms with Gasteiger partial charge >= 0.3 is 0 Å². The number of amides is 1. The van der Waals surface area contributed by atoms with Gasteiger partial charge in [0, 0.05) is 28.4 Å². The van der Waals surface area contributed by atoms with Crippen LogP contribution >= 0.6 is 15.9 Å². The SMILES string of the molecule is O=C(NCCCCCc1nc2ccccc2n1CCOc1cccc2ccccc12)c1ccc(Br)cc1. The van der Waals surface area contributed by atoms with E-state index < -0.39 is 0 Å². The summed E-state index contributed by atoms with van der Waals surface area (Å²) in [7, 11) is 0. The molecule has 0 spiro atoms. The van der Waals surface area contributed by atoms with Crippen LogP contribution in [-0.2, 0) is 13.0 Å². The van der Waals surface area contributed by atoms with Crippen molar-refractivity contribution in [2.45, 2.75) is 32.2 Å². The first-order valence-corrected chi connectivity index (χ1v) is 13.6. The topological polar surface area (TPSA) is 56.2 Å². The van der Waals surface area contributed by atoms with E-state index in [4.69, 9.17) is 9.72 Å². The van der Waals surface area contributed by atoms with Crippen molar-refractivity contribution in [2.24, 2.45) is 0 Å². The fraction of sp³-hybridized carbons (Fsp3) is 0.226. The average molecular weight is 557 g/mol. The molecular weight excluding hydrogens is 526 g/mol. The van der Waals surface area contributed by atoms with Crippen LogP contribution in [0.2, 0.25) is 0 Å². The minimum atomic E-state index is -0.0273. The van der Waals surface area contributed by atoms with Crippen LogP contribution in [0.4, 0.5) is 0 Å². The number of aryl methyl sites for hydroxylation is 1. The fourth-order valence-electron chi connectivity index (χ4n) is 4.62. The third kappa shape index (κ3) is 6.20. The molecule has 0 bridgehead atoms. The number of carbonyl (C=O) groups excluding carboxylic acids is 1. The normalized spacial score (nSPS) is 11.2. The van der Waals surface area contributed by atoms with E-state index in [0.29, 0.717) is 18.7 Å². The summed E-state index contributed by atoms with van der Waals surface area (Å²) >= 11 is 3.40. The molecule has 5 nitrogen and oxygen atoms in total. The Labute approximate surface area is 225 Å². The Hall–Kier alpha value is -3.64. The Morgan fingerprint density at radius 2 is 1.65 bits per heavy atom. The summed E-state index contributed by atoms with van der Waals surface area (Å²) in [5, 5.41) is 5.33. The smallest absolute Gasteiger partial charge is 0.251 e. The van der Waals surface area contributed by atoms with Gasteiger partial charge in [-0.3, -0.25) is 4.79 Å². The third-order valence-electron chi connectivity index (χ3n) is 6.52. The Morgan fingerprint density at radius 1 is 0.865 bits per heavy atom.